The number of anilines is 2. The smallest absolute Gasteiger partial charge is 0.330 e. The number of hydrogen-bond acceptors (Lipinski definition) is 5. The maximum absolute atomic E-state index is 13.0. The topological polar surface area (TPSA) is 110 Å². The fraction of sp³-hybridized carbons (Fsp3) is 0.667. The van der Waals surface area contributed by atoms with Gasteiger partial charge in [-0.2, -0.15) is 0 Å². The highest BCUT2D eigenvalue weighted by molar-refractivity contribution is 6.53. The molecule has 0 aliphatic heterocycles. The highest BCUT2D eigenvalue weighted by atomic mass is 35.5. The van der Waals surface area contributed by atoms with Crippen LogP contribution in [0.1, 0.15) is 26.7 Å². The van der Waals surface area contributed by atoms with Crippen LogP contribution in [0.5, 0.6) is 0 Å². The van der Waals surface area contributed by atoms with E-state index in [1.54, 1.807) is 6.92 Å². The molecule has 3 N–H and O–H groups in total. The van der Waals surface area contributed by atoms with E-state index >= 15 is 0 Å². The number of aromatic amines is 1. The van der Waals surface area contributed by atoms with Gasteiger partial charge in [0.05, 0.1) is 12.0 Å². The van der Waals surface area contributed by atoms with Gasteiger partial charge in [-0.05, 0) is 19.8 Å². The van der Waals surface area contributed by atoms with Gasteiger partial charge in [-0.25, -0.2) is 4.79 Å². The number of amides is 1. The zero-order valence-electron chi connectivity index (χ0n) is 14.4. The average Bonchev–Trinajstić information content (AvgIpc) is 3.05. The molecule has 1 aromatic heterocycles. The third kappa shape index (κ3) is 3.43. The number of halogens is 2. The molecule has 1 aliphatic carbocycles. The third-order valence-corrected chi connectivity index (χ3v) is 5.53. The van der Waals surface area contributed by atoms with Gasteiger partial charge in [-0.3, -0.25) is 19.1 Å². The molecule has 8 nitrogen and oxygen atoms in total. The first-order valence-electron chi connectivity index (χ1n) is 7.92. The Labute approximate surface area is 154 Å². The van der Waals surface area contributed by atoms with Gasteiger partial charge in [0.1, 0.15) is 10.2 Å². The predicted octanol–water partition coefficient (Wildman–Crippen LogP) is 1.09. The monoisotopic (exact) mass is 392 g/mol. The minimum Gasteiger partial charge on any atom is -0.383 e. The summed E-state index contributed by atoms with van der Waals surface area (Å²) in [7, 11) is 1.47. The number of nitrogens with one attached hydrogen (secondary N) is 1. The molecule has 1 fully saturated rings. The Morgan fingerprint density at radius 1 is 1.44 bits per heavy atom. The number of methoxy groups -OCH3 is 1. The number of nitrogen functional groups attached to an aromatic ring is 1. The number of carbonyl (C=O) groups is 1. The zero-order valence-corrected chi connectivity index (χ0v) is 15.9. The fourth-order valence-corrected chi connectivity index (χ4v) is 3.41. The lowest BCUT2D eigenvalue weighted by molar-refractivity contribution is -0.123. The maximum Gasteiger partial charge on any atom is 0.330 e. The quantitative estimate of drug-likeness (QED) is 0.674. The van der Waals surface area contributed by atoms with Gasteiger partial charge in [0, 0.05) is 20.2 Å². The lowest BCUT2D eigenvalue weighted by atomic mass is 10.1. The molecule has 0 bridgehead atoms. The Kier molecular flexibility index (Phi) is 5.56. The zero-order chi connectivity index (χ0) is 19.0. The molecule has 1 heterocycles. The Morgan fingerprint density at radius 3 is 2.52 bits per heavy atom. The predicted molar refractivity (Wildman–Crippen MR) is 97.4 cm³/mol. The minimum atomic E-state index is -1.20. The van der Waals surface area contributed by atoms with Crippen LogP contribution in [0, 0.1) is 5.41 Å². The van der Waals surface area contributed by atoms with E-state index in [9.17, 15) is 14.4 Å². The summed E-state index contributed by atoms with van der Waals surface area (Å²) in [6.07, 6.45) is 0.892. The van der Waals surface area contributed by atoms with E-state index in [0.29, 0.717) is 13.0 Å². The van der Waals surface area contributed by atoms with E-state index in [0.717, 1.165) is 0 Å². The Morgan fingerprint density at radius 2 is 2.04 bits per heavy atom. The molecule has 0 spiro atoms. The van der Waals surface area contributed by atoms with Crippen LogP contribution in [0.25, 0.3) is 0 Å². The van der Waals surface area contributed by atoms with Crippen molar-refractivity contribution in [3.63, 3.8) is 0 Å². The number of carbonyl (C=O) groups excluding carboxylic acids is 1. The first kappa shape index (κ1) is 19.8. The molecule has 1 saturated carbocycles. The van der Waals surface area contributed by atoms with Crippen LogP contribution < -0.4 is 21.9 Å². The van der Waals surface area contributed by atoms with Crippen molar-refractivity contribution in [1.82, 2.24) is 9.55 Å². The normalized spacial score (nSPS) is 21.2. The van der Waals surface area contributed by atoms with E-state index in [1.165, 1.54) is 16.6 Å². The summed E-state index contributed by atoms with van der Waals surface area (Å²) >= 11 is 12.2. The van der Waals surface area contributed by atoms with Crippen molar-refractivity contribution in [3.8, 4) is 0 Å². The molecular formula is C15H22Cl2N4O4. The van der Waals surface area contributed by atoms with Gasteiger partial charge < -0.3 is 15.4 Å². The van der Waals surface area contributed by atoms with Crippen LogP contribution in [-0.4, -0.2) is 40.1 Å². The molecule has 1 unspecified atom stereocenters. The van der Waals surface area contributed by atoms with Crippen molar-refractivity contribution in [1.29, 1.82) is 0 Å². The summed E-state index contributed by atoms with van der Waals surface area (Å²) in [6.45, 7) is 4.05. The number of rotatable bonds is 7. The molecule has 1 amide bonds. The summed E-state index contributed by atoms with van der Waals surface area (Å²) in [5, 5.41) is 0. The number of H-pyrrole nitrogens is 1. The van der Waals surface area contributed by atoms with Gasteiger partial charge in [-0.1, -0.05) is 6.92 Å². The second kappa shape index (κ2) is 7.01. The SMILES string of the molecule is CCCn1c(N)c(N(CCOC)C(=O)C2(C)CC2(Cl)Cl)c(=O)[nH]c1=O. The summed E-state index contributed by atoms with van der Waals surface area (Å²) in [4.78, 5) is 40.8. The van der Waals surface area contributed by atoms with Gasteiger partial charge in [-0.15, -0.1) is 23.2 Å². The Bertz CT molecular complexity index is 789. The molecule has 140 valence electrons. The summed E-state index contributed by atoms with van der Waals surface area (Å²) in [5.74, 6) is -0.507. The van der Waals surface area contributed by atoms with Crippen molar-refractivity contribution in [2.24, 2.45) is 5.41 Å². The number of nitrogens with zero attached hydrogens (tertiary/aromatic N) is 2. The number of nitrogens with two attached hydrogens (primary N) is 1. The average molecular weight is 393 g/mol. The molecule has 10 heteroatoms. The number of hydrogen-bond donors (Lipinski definition) is 2. The first-order valence-corrected chi connectivity index (χ1v) is 8.67. The van der Waals surface area contributed by atoms with Crippen LogP contribution in [0.2, 0.25) is 0 Å². The van der Waals surface area contributed by atoms with E-state index in [1.807, 2.05) is 6.92 Å². The van der Waals surface area contributed by atoms with E-state index in [-0.39, 0.29) is 31.1 Å². The van der Waals surface area contributed by atoms with Crippen molar-refractivity contribution in [3.05, 3.63) is 20.8 Å². The van der Waals surface area contributed by atoms with E-state index < -0.39 is 26.9 Å². The van der Waals surface area contributed by atoms with Crippen molar-refractivity contribution in [2.75, 3.05) is 30.9 Å². The summed E-state index contributed by atoms with van der Waals surface area (Å²) in [5.41, 5.74) is 3.58. The van der Waals surface area contributed by atoms with Crippen molar-refractivity contribution >= 4 is 40.6 Å². The van der Waals surface area contributed by atoms with Gasteiger partial charge in [0.15, 0.2) is 5.69 Å². The second-order valence-corrected chi connectivity index (χ2v) is 7.79. The second-order valence-electron chi connectivity index (χ2n) is 6.31. The van der Waals surface area contributed by atoms with Crippen molar-refractivity contribution < 1.29 is 9.53 Å². The maximum atomic E-state index is 13.0. The standard InChI is InChI=1S/C15H22Cl2N4O4/c1-4-5-21-10(18)9(11(22)19-13(21)24)20(6-7-25-3)12(23)14(2)8-15(14,16)17/h4-8,18H2,1-3H3,(H,19,22,24). The third-order valence-electron chi connectivity index (χ3n) is 4.43. The number of aromatic nitrogens is 2. The molecule has 1 atom stereocenters. The van der Waals surface area contributed by atoms with Gasteiger partial charge >= 0.3 is 5.69 Å². The van der Waals surface area contributed by atoms with Crippen LogP contribution in [-0.2, 0) is 16.1 Å². The largest absolute Gasteiger partial charge is 0.383 e. The molecule has 1 aliphatic rings. The molecule has 0 radical (unpaired) electrons. The lowest BCUT2D eigenvalue weighted by Gasteiger charge is -2.27. The Hall–Kier alpha value is -1.51. The van der Waals surface area contributed by atoms with E-state index in [2.05, 4.69) is 4.98 Å². The highest BCUT2D eigenvalue weighted by Gasteiger charge is 2.69. The summed E-state index contributed by atoms with van der Waals surface area (Å²) in [6, 6.07) is 0. The number of alkyl halides is 2. The molecule has 25 heavy (non-hydrogen) atoms. The minimum absolute atomic E-state index is 0.0703. The molecule has 0 aromatic carbocycles. The van der Waals surface area contributed by atoms with Gasteiger partial charge in [0.2, 0.25) is 5.91 Å². The molecular weight excluding hydrogens is 371 g/mol. The van der Waals surface area contributed by atoms with Crippen LogP contribution in [0.3, 0.4) is 0 Å². The van der Waals surface area contributed by atoms with Gasteiger partial charge in [0.25, 0.3) is 5.56 Å². The fourth-order valence-electron chi connectivity index (χ4n) is 2.71. The molecule has 1 aromatic rings. The summed E-state index contributed by atoms with van der Waals surface area (Å²) < 4.78 is 5.06. The lowest BCUT2D eigenvalue weighted by Crippen LogP contribution is -2.45. The van der Waals surface area contributed by atoms with Crippen molar-refractivity contribution in [2.45, 2.75) is 37.6 Å². The van der Waals surface area contributed by atoms with Crippen LogP contribution >= 0.6 is 23.2 Å². The highest BCUT2D eigenvalue weighted by Crippen LogP contribution is 2.64. The first-order chi connectivity index (χ1) is 11.6. The van der Waals surface area contributed by atoms with Crippen LogP contribution in [0.4, 0.5) is 11.5 Å². The number of ether oxygens (including phenoxy) is 1. The van der Waals surface area contributed by atoms with Crippen LogP contribution in [0.15, 0.2) is 9.59 Å². The molecule has 0 saturated heterocycles. The Balaban J connectivity index is 2.56. The van der Waals surface area contributed by atoms with E-state index in [4.69, 9.17) is 33.7 Å². The molecule has 2 rings (SSSR count).